The number of thiazole rings is 1. The minimum Gasteiger partial charge on any atom is -0.354 e. The first-order chi connectivity index (χ1) is 6.09. The first-order valence-electron chi connectivity index (χ1n) is 4.28. The predicted octanol–water partition coefficient (Wildman–Crippen LogP) is 1.52. The molecule has 0 spiro atoms. The number of hydrogen-bond acceptors (Lipinski definition) is 3. The molecular formula is C9H14N2OS. The predicted molar refractivity (Wildman–Crippen MR) is 53.8 cm³/mol. The molecule has 1 aromatic heterocycles. The molecular weight excluding hydrogens is 184 g/mol. The summed E-state index contributed by atoms with van der Waals surface area (Å²) >= 11 is 1.53. The van der Waals surface area contributed by atoms with Crippen molar-refractivity contribution in [1.82, 2.24) is 10.3 Å². The van der Waals surface area contributed by atoms with Crippen LogP contribution in [0, 0.1) is 6.92 Å². The van der Waals surface area contributed by atoms with Crippen LogP contribution in [-0.4, -0.2) is 16.9 Å². The molecule has 0 radical (unpaired) electrons. The van der Waals surface area contributed by atoms with Crippen molar-refractivity contribution in [3.63, 3.8) is 0 Å². The van der Waals surface area contributed by atoms with Gasteiger partial charge < -0.3 is 5.32 Å². The fourth-order valence-corrected chi connectivity index (χ4v) is 1.79. The summed E-state index contributed by atoms with van der Waals surface area (Å²) in [4.78, 5) is 16.5. The van der Waals surface area contributed by atoms with Gasteiger partial charge in [-0.1, -0.05) is 0 Å². The minimum absolute atomic E-state index is 0.0716. The third kappa shape index (κ3) is 3.14. The number of rotatable bonds is 3. The van der Waals surface area contributed by atoms with Gasteiger partial charge in [-0.2, -0.15) is 0 Å². The quantitative estimate of drug-likeness (QED) is 0.800. The second-order valence-electron chi connectivity index (χ2n) is 3.26. The summed E-state index contributed by atoms with van der Waals surface area (Å²) in [6.45, 7) is 5.84. The molecule has 0 aliphatic heterocycles. The van der Waals surface area contributed by atoms with Gasteiger partial charge in [0.25, 0.3) is 0 Å². The van der Waals surface area contributed by atoms with Crippen LogP contribution >= 0.6 is 11.3 Å². The summed E-state index contributed by atoms with van der Waals surface area (Å²) < 4.78 is 0. The van der Waals surface area contributed by atoms with Gasteiger partial charge in [-0.05, 0) is 20.8 Å². The monoisotopic (exact) mass is 198 g/mol. The van der Waals surface area contributed by atoms with E-state index in [0.29, 0.717) is 6.42 Å². The number of nitrogens with one attached hydrogen (secondary N) is 1. The van der Waals surface area contributed by atoms with E-state index in [4.69, 9.17) is 0 Å². The molecule has 72 valence electrons. The van der Waals surface area contributed by atoms with Crippen LogP contribution < -0.4 is 5.32 Å². The maximum Gasteiger partial charge on any atom is 0.225 e. The van der Waals surface area contributed by atoms with Crippen molar-refractivity contribution in [2.24, 2.45) is 0 Å². The number of carbonyl (C=O) groups excluding carboxylic acids is 1. The maximum atomic E-state index is 11.3. The summed E-state index contributed by atoms with van der Waals surface area (Å²) in [6.07, 6.45) is 0.453. The van der Waals surface area contributed by atoms with Gasteiger partial charge in [0.15, 0.2) is 0 Å². The third-order valence-corrected chi connectivity index (χ3v) is 2.55. The van der Waals surface area contributed by atoms with Gasteiger partial charge in [-0.25, -0.2) is 4.98 Å². The highest BCUT2D eigenvalue weighted by Crippen LogP contribution is 2.12. The first kappa shape index (κ1) is 10.2. The lowest BCUT2D eigenvalue weighted by molar-refractivity contribution is -0.120. The van der Waals surface area contributed by atoms with Gasteiger partial charge >= 0.3 is 0 Å². The Hall–Kier alpha value is -0.900. The van der Waals surface area contributed by atoms with E-state index < -0.39 is 0 Å². The van der Waals surface area contributed by atoms with Crippen molar-refractivity contribution >= 4 is 17.2 Å². The number of nitrogens with zero attached hydrogens (tertiary/aromatic N) is 1. The average Bonchev–Trinajstić information content (AvgIpc) is 2.34. The van der Waals surface area contributed by atoms with Crippen LogP contribution in [0.25, 0.3) is 0 Å². The zero-order valence-corrected chi connectivity index (χ0v) is 8.94. The van der Waals surface area contributed by atoms with Gasteiger partial charge in [0.2, 0.25) is 5.91 Å². The van der Waals surface area contributed by atoms with Crippen LogP contribution in [0.3, 0.4) is 0 Å². The van der Waals surface area contributed by atoms with Crippen LogP contribution in [0.5, 0.6) is 0 Å². The number of amides is 1. The molecule has 0 aromatic carbocycles. The number of hydrogen-bond donors (Lipinski definition) is 1. The van der Waals surface area contributed by atoms with Crippen LogP contribution in [0.15, 0.2) is 5.51 Å². The highest BCUT2D eigenvalue weighted by molar-refractivity contribution is 7.09. The normalized spacial score (nSPS) is 10.5. The Bertz CT molecular complexity index is 294. The zero-order chi connectivity index (χ0) is 9.84. The molecule has 0 aliphatic carbocycles. The topological polar surface area (TPSA) is 42.0 Å². The smallest absolute Gasteiger partial charge is 0.225 e. The summed E-state index contributed by atoms with van der Waals surface area (Å²) in [5, 5.41) is 2.85. The fraction of sp³-hybridized carbons (Fsp3) is 0.556. The van der Waals surface area contributed by atoms with E-state index >= 15 is 0 Å². The van der Waals surface area contributed by atoms with Crippen LogP contribution in [0.2, 0.25) is 0 Å². The van der Waals surface area contributed by atoms with Gasteiger partial charge in [-0.15, -0.1) is 11.3 Å². The van der Waals surface area contributed by atoms with E-state index in [0.717, 1.165) is 10.6 Å². The molecule has 0 aliphatic rings. The molecule has 1 aromatic rings. The molecule has 0 saturated heterocycles. The fourth-order valence-electron chi connectivity index (χ4n) is 1.01. The van der Waals surface area contributed by atoms with Crippen molar-refractivity contribution in [2.75, 3.05) is 0 Å². The Balaban J connectivity index is 2.50. The van der Waals surface area contributed by atoms with E-state index in [1.807, 2.05) is 20.8 Å². The summed E-state index contributed by atoms with van der Waals surface area (Å²) in [5.74, 6) is 0.0716. The molecule has 4 heteroatoms. The molecule has 0 fully saturated rings. The summed E-state index contributed by atoms with van der Waals surface area (Å²) in [6, 6.07) is 0.209. The first-order valence-corrected chi connectivity index (χ1v) is 5.16. The van der Waals surface area contributed by atoms with E-state index in [1.165, 1.54) is 11.3 Å². The van der Waals surface area contributed by atoms with E-state index in [9.17, 15) is 4.79 Å². The van der Waals surface area contributed by atoms with E-state index in [2.05, 4.69) is 10.3 Å². The van der Waals surface area contributed by atoms with E-state index in [1.54, 1.807) is 5.51 Å². The van der Waals surface area contributed by atoms with Crippen LogP contribution in [0.4, 0.5) is 0 Å². The van der Waals surface area contributed by atoms with Crippen molar-refractivity contribution in [1.29, 1.82) is 0 Å². The Morgan fingerprint density at radius 2 is 2.38 bits per heavy atom. The average molecular weight is 198 g/mol. The van der Waals surface area contributed by atoms with Crippen LogP contribution in [0.1, 0.15) is 24.4 Å². The highest BCUT2D eigenvalue weighted by atomic mass is 32.1. The van der Waals surface area contributed by atoms with Crippen molar-refractivity contribution < 1.29 is 4.79 Å². The molecule has 1 rings (SSSR count). The number of carbonyl (C=O) groups is 1. The zero-order valence-electron chi connectivity index (χ0n) is 8.13. The summed E-state index contributed by atoms with van der Waals surface area (Å²) in [7, 11) is 0. The van der Waals surface area contributed by atoms with Crippen molar-refractivity contribution in [3.8, 4) is 0 Å². The van der Waals surface area contributed by atoms with Gasteiger partial charge in [0, 0.05) is 10.9 Å². The molecule has 0 saturated carbocycles. The maximum absolute atomic E-state index is 11.3. The van der Waals surface area contributed by atoms with Gasteiger partial charge in [0.05, 0.1) is 17.6 Å². The molecule has 1 N–H and O–H groups in total. The third-order valence-electron chi connectivity index (χ3n) is 1.62. The second kappa shape index (κ2) is 4.37. The minimum atomic E-state index is 0.0716. The molecule has 3 nitrogen and oxygen atoms in total. The highest BCUT2D eigenvalue weighted by Gasteiger charge is 2.08. The lowest BCUT2D eigenvalue weighted by atomic mass is 10.3. The molecule has 0 unspecified atom stereocenters. The second-order valence-corrected chi connectivity index (χ2v) is 4.20. The Morgan fingerprint density at radius 3 is 2.85 bits per heavy atom. The van der Waals surface area contributed by atoms with E-state index in [-0.39, 0.29) is 11.9 Å². The molecule has 0 bridgehead atoms. The summed E-state index contributed by atoms with van der Waals surface area (Å²) in [5.41, 5.74) is 2.73. The van der Waals surface area contributed by atoms with Gasteiger partial charge in [0.1, 0.15) is 0 Å². The largest absolute Gasteiger partial charge is 0.354 e. The van der Waals surface area contributed by atoms with Crippen molar-refractivity contribution in [2.45, 2.75) is 33.2 Å². The van der Waals surface area contributed by atoms with Gasteiger partial charge in [-0.3, -0.25) is 4.79 Å². The Labute approximate surface area is 82.2 Å². The molecule has 13 heavy (non-hydrogen) atoms. The lowest BCUT2D eigenvalue weighted by Crippen LogP contribution is -2.31. The molecule has 1 heterocycles. The Morgan fingerprint density at radius 1 is 1.69 bits per heavy atom. The lowest BCUT2D eigenvalue weighted by Gasteiger charge is -2.06. The molecule has 1 amide bonds. The Kier molecular flexibility index (Phi) is 3.42. The molecule has 0 atom stereocenters. The van der Waals surface area contributed by atoms with Crippen molar-refractivity contribution in [3.05, 3.63) is 16.1 Å². The van der Waals surface area contributed by atoms with Crippen LogP contribution in [-0.2, 0) is 11.2 Å². The SMILES string of the molecule is Cc1ncsc1CC(=O)NC(C)C. The number of aryl methyl sites for hydroxylation is 1. The standard InChI is InChI=1S/C9H14N2OS/c1-6(2)11-9(12)4-8-7(3)10-5-13-8/h5-6H,4H2,1-3H3,(H,11,12). The number of aromatic nitrogens is 1.